The molecule has 0 spiro atoms. The van der Waals surface area contributed by atoms with Crippen molar-refractivity contribution < 1.29 is 12.4 Å². The fourth-order valence-electron chi connectivity index (χ4n) is 0.743. The third kappa shape index (κ3) is 2.85. The first kappa shape index (κ1) is 9.46. The molecule has 3 nitrogen and oxygen atoms in total. The summed E-state index contributed by atoms with van der Waals surface area (Å²) in [6, 6.07) is 0.213. The van der Waals surface area contributed by atoms with Gasteiger partial charge in [0.1, 0.15) is 0 Å². The summed E-state index contributed by atoms with van der Waals surface area (Å²) in [5.41, 5.74) is 6.64. The maximum atomic E-state index is 5.54. The van der Waals surface area contributed by atoms with E-state index >= 15 is 0 Å². The largest absolute Gasteiger partial charge is 1.00 e. The summed E-state index contributed by atoms with van der Waals surface area (Å²) in [5.74, 6) is 0. The molecule has 58 valence electrons. The highest BCUT2D eigenvalue weighted by Gasteiger charge is 1.96. The Morgan fingerprint density at radius 2 is 2.50 bits per heavy atom. The molecule has 1 atom stereocenters. The lowest BCUT2D eigenvalue weighted by Gasteiger charge is -1.99. The maximum Gasteiger partial charge on any atom is 0.0921 e. The van der Waals surface area contributed by atoms with Gasteiger partial charge in [0, 0.05) is 24.4 Å². The van der Waals surface area contributed by atoms with Crippen molar-refractivity contribution in [3.8, 4) is 0 Å². The summed E-state index contributed by atoms with van der Waals surface area (Å²) in [5, 5.41) is 0. The fraction of sp³-hybridized carbons (Fsp3) is 0.500. The number of hydrogen-bond donors (Lipinski definition) is 2. The molecule has 1 aromatic rings. The second-order valence-corrected chi connectivity index (χ2v) is 2.26. The van der Waals surface area contributed by atoms with E-state index in [0.717, 1.165) is 12.1 Å². The summed E-state index contributed by atoms with van der Waals surface area (Å²) in [6.45, 7) is 1.97. The lowest BCUT2D eigenvalue weighted by atomic mass is 10.2. The minimum absolute atomic E-state index is 0. The zero-order valence-corrected chi connectivity index (χ0v) is 6.60. The van der Waals surface area contributed by atoms with Crippen LogP contribution in [0.2, 0.25) is 0 Å². The van der Waals surface area contributed by atoms with Crippen molar-refractivity contribution in [3.05, 3.63) is 18.2 Å². The van der Waals surface area contributed by atoms with E-state index in [2.05, 4.69) is 9.97 Å². The highest BCUT2D eigenvalue weighted by molar-refractivity contribution is 4.95. The third-order valence-corrected chi connectivity index (χ3v) is 1.10. The van der Waals surface area contributed by atoms with Gasteiger partial charge in [-0.2, -0.15) is 0 Å². The van der Waals surface area contributed by atoms with Gasteiger partial charge in [-0.3, -0.25) is 0 Å². The average molecular weight is 161 g/mol. The molecule has 0 aliphatic heterocycles. The van der Waals surface area contributed by atoms with Gasteiger partial charge in [0.2, 0.25) is 0 Å². The molecule has 0 radical (unpaired) electrons. The van der Waals surface area contributed by atoms with Crippen LogP contribution in [-0.2, 0) is 6.42 Å². The van der Waals surface area contributed by atoms with E-state index in [4.69, 9.17) is 5.73 Å². The van der Waals surface area contributed by atoms with E-state index < -0.39 is 0 Å². The summed E-state index contributed by atoms with van der Waals surface area (Å²) >= 11 is 0. The van der Waals surface area contributed by atoms with Gasteiger partial charge in [0.15, 0.2) is 0 Å². The Hall–Kier alpha value is -0.540. The number of nitrogens with two attached hydrogens (primary N) is 1. The Balaban J connectivity index is 0.000000810. The predicted molar refractivity (Wildman–Crippen MR) is 35.9 cm³/mol. The number of hydrogen-bond acceptors (Lipinski definition) is 2. The normalized spacial score (nSPS) is 12.2. The molecule has 0 bridgehead atoms. The highest BCUT2D eigenvalue weighted by atomic mass is 35.5. The minimum Gasteiger partial charge on any atom is -1.00 e. The summed E-state index contributed by atoms with van der Waals surface area (Å²) in [7, 11) is 0. The van der Waals surface area contributed by atoms with Crippen LogP contribution in [0.5, 0.6) is 0 Å². The van der Waals surface area contributed by atoms with Crippen molar-refractivity contribution in [2.24, 2.45) is 5.73 Å². The number of nitrogens with zero attached hydrogens (tertiary/aromatic N) is 1. The van der Waals surface area contributed by atoms with E-state index in [1.807, 2.05) is 6.92 Å². The molecule has 1 rings (SSSR count). The van der Waals surface area contributed by atoms with Gasteiger partial charge in [-0.15, -0.1) is 0 Å². The monoisotopic (exact) mass is 160 g/mol. The van der Waals surface area contributed by atoms with Crippen molar-refractivity contribution in [2.75, 3.05) is 0 Å². The van der Waals surface area contributed by atoms with Gasteiger partial charge in [-0.05, 0) is 6.92 Å². The molecular weight excluding hydrogens is 150 g/mol. The van der Waals surface area contributed by atoms with Gasteiger partial charge in [0.05, 0.1) is 6.33 Å². The standard InChI is InChI=1S/C6H11N3.ClH/c1-5(7)2-6-3-8-4-9-6;/h3-5H,2,7H2,1H3,(H,8,9);1H/p-1/t5-;/m1./s1. The number of imidazole rings is 1. The molecule has 4 heteroatoms. The van der Waals surface area contributed by atoms with Crippen molar-refractivity contribution in [1.29, 1.82) is 0 Å². The topological polar surface area (TPSA) is 54.7 Å². The number of aromatic amines is 1. The van der Waals surface area contributed by atoms with Crippen LogP contribution < -0.4 is 18.1 Å². The van der Waals surface area contributed by atoms with Crippen molar-refractivity contribution >= 4 is 0 Å². The zero-order chi connectivity index (χ0) is 6.69. The Bertz CT molecular complexity index is 160. The van der Waals surface area contributed by atoms with Crippen LogP contribution in [0.4, 0.5) is 0 Å². The SMILES string of the molecule is C[C@@H](N)Cc1cnc[nH]1.[Cl-]. The summed E-state index contributed by atoms with van der Waals surface area (Å²) in [6.07, 6.45) is 4.33. The fourth-order valence-corrected chi connectivity index (χ4v) is 0.743. The number of halogens is 1. The lowest BCUT2D eigenvalue weighted by molar-refractivity contribution is -0.00000236. The molecule has 0 amide bonds. The van der Waals surface area contributed by atoms with Crippen molar-refractivity contribution in [1.82, 2.24) is 9.97 Å². The Labute approximate surface area is 66.4 Å². The molecule has 0 unspecified atom stereocenters. The average Bonchev–Trinajstić information content (AvgIpc) is 2.15. The zero-order valence-electron chi connectivity index (χ0n) is 5.84. The maximum absolute atomic E-state index is 5.54. The Kier molecular flexibility index (Phi) is 4.07. The third-order valence-electron chi connectivity index (χ3n) is 1.10. The van der Waals surface area contributed by atoms with E-state index in [0.29, 0.717) is 0 Å². The van der Waals surface area contributed by atoms with Crippen molar-refractivity contribution in [3.63, 3.8) is 0 Å². The molecule has 0 saturated heterocycles. The van der Waals surface area contributed by atoms with E-state index in [1.165, 1.54) is 0 Å². The molecule has 1 heterocycles. The van der Waals surface area contributed by atoms with Crippen LogP contribution in [0, 0.1) is 0 Å². The van der Waals surface area contributed by atoms with Gasteiger partial charge in [-0.1, -0.05) is 0 Å². The van der Waals surface area contributed by atoms with Crippen molar-refractivity contribution in [2.45, 2.75) is 19.4 Å². The molecule has 10 heavy (non-hydrogen) atoms. The van der Waals surface area contributed by atoms with Gasteiger partial charge in [0.25, 0.3) is 0 Å². The first-order chi connectivity index (χ1) is 4.29. The molecule has 0 saturated carbocycles. The predicted octanol–water partition coefficient (Wildman–Crippen LogP) is -2.70. The second kappa shape index (κ2) is 4.30. The first-order valence-corrected chi connectivity index (χ1v) is 3.02. The summed E-state index contributed by atoms with van der Waals surface area (Å²) in [4.78, 5) is 6.84. The van der Waals surface area contributed by atoms with E-state index in [-0.39, 0.29) is 18.4 Å². The molecule has 0 aliphatic carbocycles. The number of H-pyrrole nitrogens is 1. The van der Waals surface area contributed by atoms with Gasteiger partial charge >= 0.3 is 0 Å². The Morgan fingerprint density at radius 3 is 2.90 bits per heavy atom. The number of rotatable bonds is 2. The molecule has 0 fully saturated rings. The lowest BCUT2D eigenvalue weighted by Crippen LogP contribution is -3.00. The van der Waals surface area contributed by atoms with Crippen LogP contribution in [0.3, 0.4) is 0 Å². The molecular formula is C6H11ClN3-. The summed E-state index contributed by atoms with van der Waals surface area (Å²) < 4.78 is 0. The number of nitrogens with one attached hydrogen (secondary N) is 1. The smallest absolute Gasteiger partial charge is 0.0921 e. The van der Waals surface area contributed by atoms with Crippen LogP contribution in [0.15, 0.2) is 12.5 Å². The minimum atomic E-state index is 0. The van der Waals surface area contributed by atoms with Crippen LogP contribution >= 0.6 is 0 Å². The van der Waals surface area contributed by atoms with Crippen LogP contribution in [-0.4, -0.2) is 16.0 Å². The molecule has 3 N–H and O–H groups in total. The Morgan fingerprint density at radius 1 is 1.80 bits per heavy atom. The van der Waals surface area contributed by atoms with Gasteiger partial charge < -0.3 is 23.1 Å². The van der Waals surface area contributed by atoms with E-state index in [9.17, 15) is 0 Å². The second-order valence-electron chi connectivity index (χ2n) is 2.26. The highest BCUT2D eigenvalue weighted by Crippen LogP contribution is 1.93. The van der Waals surface area contributed by atoms with Gasteiger partial charge in [-0.25, -0.2) is 4.98 Å². The molecule has 1 aromatic heterocycles. The van der Waals surface area contributed by atoms with Crippen LogP contribution in [0.25, 0.3) is 0 Å². The number of aromatic nitrogens is 2. The van der Waals surface area contributed by atoms with Crippen LogP contribution in [0.1, 0.15) is 12.6 Å². The molecule has 0 aromatic carbocycles. The van der Waals surface area contributed by atoms with E-state index in [1.54, 1.807) is 12.5 Å². The first-order valence-electron chi connectivity index (χ1n) is 3.02. The molecule has 0 aliphatic rings. The quantitative estimate of drug-likeness (QED) is 0.495.